The van der Waals surface area contributed by atoms with Crippen molar-refractivity contribution in [2.45, 2.75) is 0 Å². The van der Waals surface area contributed by atoms with Gasteiger partial charge in [0, 0.05) is 0 Å². The summed E-state index contributed by atoms with van der Waals surface area (Å²) in [7, 11) is 0. The van der Waals surface area contributed by atoms with Gasteiger partial charge < -0.3 is 0 Å². The number of anilines is 2. The van der Waals surface area contributed by atoms with Gasteiger partial charge in [0.1, 0.15) is 0 Å². The summed E-state index contributed by atoms with van der Waals surface area (Å²) in [4.78, 5) is 0. The van der Waals surface area contributed by atoms with Crippen LogP contribution in [-0.4, -0.2) is 10.4 Å². The molecule has 1 radical (unpaired) electrons. The molecule has 1 aliphatic rings. The van der Waals surface area contributed by atoms with E-state index in [-0.39, 0.29) is 0 Å². The van der Waals surface area contributed by atoms with Crippen molar-refractivity contribution >= 4 is 11.4 Å². The van der Waals surface area contributed by atoms with Crippen molar-refractivity contribution in [1.82, 2.24) is 0 Å². The molecule has 0 amide bonds. The zero-order valence-corrected chi connectivity index (χ0v) is 6.88. The van der Waals surface area contributed by atoms with Crippen LogP contribution in [0.25, 0.3) is 0 Å². The second kappa shape index (κ2) is 2.76. The number of allylic oxidation sites excluding steroid dienone is 1. The molecule has 4 nitrogen and oxygen atoms in total. The number of hydrogen-bond acceptors (Lipinski definition) is 4. The van der Waals surface area contributed by atoms with Gasteiger partial charge in [0.15, 0.2) is 0 Å². The first-order valence-corrected chi connectivity index (χ1v) is 3.80. The zero-order valence-electron chi connectivity index (χ0n) is 6.88. The lowest BCUT2D eigenvalue weighted by Crippen LogP contribution is -2.26. The van der Waals surface area contributed by atoms with E-state index in [0.717, 1.165) is 10.1 Å². The molecule has 2 rings (SSSR count). The molecule has 0 spiro atoms. The Morgan fingerprint density at radius 3 is 2.38 bits per heavy atom. The highest BCUT2D eigenvalue weighted by Crippen LogP contribution is 2.33. The lowest BCUT2D eigenvalue weighted by molar-refractivity contribution is 0.260. The molecule has 0 saturated carbocycles. The van der Waals surface area contributed by atoms with Crippen molar-refractivity contribution in [1.29, 1.82) is 0 Å². The number of benzene rings is 1. The van der Waals surface area contributed by atoms with Crippen LogP contribution in [0.15, 0.2) is 36.2 Å². The quantitative estimate of drug-likeness (QED) is 0.634. The lowest BCUT2D eigenvalue weighted by Gasteiger charge is -2.28. The Balaban J connectivity index is 2.55. The van der Waals surface area contributed by atoms with Crippen LogP contribution in [0.4, 0.5) is 11.4 Å². The maximum Gasteiger partial charge on any atom is 0.0951 e. The minimum Gasteiger partial charge on any atom is -0.284 e. The molecule has 1 aromatic rings. The Hall–Kier alpha value is -1.52. The van der Waals surface area contributed by atoms with E-state index in [0.29, 0.717) is 17.1 Å². The minimum absolute atomic E-state index is 0.321. The Morgan fingerprint density at radius 2 is 1.69 bits per heavy atom. The molecule has 4 heteroatoms. The van der Waals surface area contributed by atoms with Gasteiger partial charge in [0.2, 0.25) is 0 Å². The number of nitrogens with zero attached hydrogens (tertiary/aromatic N) is 2. The standard InChI is InChI=1S/C9H9N2O2/c1-7-6-10(12)8-4-2-3-5-9(8)11(7)13/h2-6,12-13H,1H2. The van der Waals surface area contributed by atoms with Crippen molar-refractivity contribution in [2.75, 3.05) is 10.1 Å². The topological polar surface area (TPSA) is 46.9 Å². The normalized spacial score (nSPS) is 15.5. The molecule has 0 fully saturated rings. The molecule has 2 N–H and O–H groups in total. The van der Waals surface area contributed by atoms with Crippen LogP contribution in [0.5, 0.6) is 0 Å². The summed E-state index contributed by atoms with van der Waals surface area (Å²) >= 11 is 0. The fraction of sp³-hybridized carbons (Fsp3) is 0. The van der Waals surface area contributed by atoms with Crippen molar-refractivity contribution in [2.24, 2.45) is 0 Å². The summed E-state index contributed by atoms with van der Waals surface area (Å²) in [6.07, 6.45) is 1.34. The van der Waals surface area contributed by atoms with Crippen LogP contribution in [0.1, 0.15) is 0 Å². The van der Waals surface area contributed by atoms with Gasteiger partial charge in [0.05, 0.1) is 23.3 Å². The molecule has 0 bridgehead atoms. The van der Waals surface area contributed by atoms with E-state index in [9.17, 15) is 10.4 Å². The molecule has 0 unspecified atom stereocenters. The van der Waals surface area contributed by atoms with Crippen molar-refractivity contribution < 1.29 is 10.4 Å². The van der Waals surface area contributed by atoms with Crippen LogP contribution in [0.3, 0.4) is 0 Å². The van der Waals surface area contributed by atoms with E-state index in [4.69, 9.17) is 0 Å². The van der Waals surface area contributed by atoms with Gasteiger partial charge in [-0.2, -0.15) is 0 Å². The summed E-state index contributed by atoms with van der Waals surface area (Å²) in [6, 6.07) is 6.94. The molecule has 1 aromatic carbocycles. The first-order valence-electron chi connectivity index (χ1n) is 3.80. The predicted octanol–water partition coefficient (Wildman–Crippen LogP) is 1.77. The molecule has 67 valence electrons. The Morgan fingerprint density at radius 1 is 1.08 bits per heavy atom. The van der Waals surface area contributed by atoms with E-state index in [2.05, 4.69) is 6.92 Å². The third-order valence-corrected chi connectivity index (χ3v) is 1.90. The van der Waals surface area contributed by atoms with Crippen LogP contribution in [0.2, 0.25) is 0 Å². The van der Waals surface area contributed by atoms with Crippen LogP contribution in [0, 0.1) is 6.92 Å². The second-order valence-corrected chi connectivity index (χ2v) is 2.77. The number of para-hydroxylation sites is 2. The first-order chi connectivity index (χ1) is 6.20. The Kier molecular flexibility index (Phi) is 1.72. The molecular formula is C9H9N2O2. The second-order valence-electron chi connectivity index (χ2n) is 2.77. The van der Waals surface area contributed by atoms with Crippen LogP contribution >= 0.6 is 0 Å². The van der Waals surface area contributed by atoms with Gasteiger partial charge in [0.25, 0.3) is 0 Å². The molecule has 0 saturated heterocycles. The van der Waals surface area contributed by atoms with E-state index in [1.165, 1.54) is 6.20 Å². The van der Waals surface area contributed by atoms with E-state index < -0.39 is 0 Å². The van der Waals surface area contributed by atoms with E-state index in [1.807, 2.05) is 0 Å². The minimum atomic E-state index is 0.321. The summed E-state index contributed by atoms with van der Waals surface area (Å²) in [5.74, 6) is 0. The van der Waals surface area contributed by atoms with Gasteiger partial charge in [-0.05, 0) is 19.1 Å². The van der Waals surface area contributed by atoms with Crippen molar-refractivity contribution in [3.63, 3.8) is 0 Å². The monoisotopic (exact) mass is 177 g/mol. The number of hydrogen-bond donors (Lipinski definition) is 2. The van der Waals surface area contributed by atoms with Crippen LogP contribution < -0.4 is 10.1 Å². The van der Waals surface area contributed by atoms with Gasteiger partial charge in [-0.3, -0.25) is 10.4 Å². The summed E-state index contributed by atoms with van der Waals surface area (Å²) < 4.78 is 0. The number of rotatable bonds is 0. The molecule has 1 heterocycles. The molecular weight excluding hydrogens is 168 g/mol. The number of hydroxylamine groups is 2. The van der Waals surface area contributed by atoms with E-state index in [1.54, 1.807) is 24.3 Å². The molecule has 0 atom stereocenters. The molecule has 13 heavy (non-hydrogen) atoms. The average Bonchev–Trinajstić information content (AvgIpc) is 2.15. The molecule has 0 aromatic heterocycles. The Bertz CT molecular complexity index is 362. The SMILES string of the molecule is [CH2]C1=CN(O)c2ccccc2N1O. The third kappa shape index (κ3) is 1.16. The highest BCUT2D eigenvalue weighted by atomic mass is 16.5. The summed E-state index contributed by atoms with van der Waals surface area (Å²) in [5.41, 5.74) is 1.36. The maximum absolute atomic E-state index is 9.51. The van der Waals surface area contributed by atoms with Gasteiger partial charge in [-0.1, -0.05) is 12.1 Å². The summed E-state index contributed by atoms with van der Waals surface area (Å²) in [5, 5.41) is 20.8. The average molecular weight is 177 g/mol. The molecule has 0 aliphatic carbocycles. The fourth-order valence-electron chi connectivity index (χ4n) is 1.26. The largest absolute Gasteiger partial charge is 0.284 e. The zero-order chi connectivity index (χ0) is 9.42. The van der Waals surface area contributed by atoms with Gasteiger partial charge >= 0.3 is 0 Å². The van der Waals surface area contributed by atoms with Gasteiger partial charge in [-0.15, -0.1) is 0 Å². The summed E-state index contributed by atoms with van der Waals surface area (Å²) in [6.45, 7) is 3.56. The fourth-order valence-corrected chi connectivity index (χ4v) is 1.26. The van der Waals surface area contributed by atoms with Gasteiger partial charge in [-0.25, -0.2) is 10.1 Å². The van der Waals surface area contributed by atoms with Crippen molar-refractivity contribution in [3.8, 4) is 0 Å². The van der Waals surface area contributed by atoms with Crippen molar-refractivity contribution in [3.05, 3.63) is 43.1 Å². The predicted molar refractivity (Wildman–Crippen MR) is 48.4 cm³/mol. The highest BCUT2D eigenvalue weighted by molar-refractivity contribution is 5.74. The highest BCUT2D eigenvalue weighted by Gasteiger charge is 2.19. The first kappa shape index (κ1) is 8.10. The lowest BCUT2D eigenvalue weighted by atomic mass is 10.2. The van der Waals surface area contributed by atoms with E-state index >= 15 is 0 Å². The Labute approximate surface area is 75.8 Å². The third-order valence-electron chi connectivity index (χ3n) is 1.90. The smallest absolute Gasteiger partial charge is 0.0951 e. The molecule has 1 aliphatic heterocycles. The van der Waals surface area contributed by atoms with Crippen LogP contribution in [-0.2, 0) is 0 Å². The maximum atomic E-state index is 9.51. The number of fused-ring (bicyclic) bond motifs is 1.